The summed E-state index contributed by atoms with van der Waals surface area (Å²) in [5, 5.41) is 0. The van der Waals surface area contributed by atoms with Gasteiger partial charge in [-0.15, -0.1) is 11.6 Å². The fourth-order valence-electron chi connectivity index (χ4n) is 1.06. The van der Waals surface area contributed by atoms with Crippen LogP contribution in [0.4, 0.5) is 0 Å². The van der Waals surface area contributed by atoms with E-state index < -0.39 is 0 Å². The van der Waals surface area contributed by atoms with E-state index in [1.54, 1.807) is 5.88 Å². The SMILES string of the molecule is Cl[CH]CCCCC1CC1. The Morgan fingerprint density at radius 1 is 1.33 bits per heavy atom. The third-order valence-corrected chi connectivity index (χ3v) is 2.09. The van der Waals surface area contributed by atoms with Crippen molar-refractivity contribution in [3.63, 3.8) is 0 Å². The molecule has 0 N–H and O–H groups in total. The maximum Gasteiger partial charge on any atom is 0.0499 e. The van der Waals surface area contributed by atoms with Gasteiger partial charge in [-0.1, -0.05) is 32.1 Å². The third-order valence-electron chi connectivity index (χ3n) is 1.87. The molecule has 1 saturated carbocycles. The van der Waals surface area contributed by atoms with Gasteiger partial charge in [0.15, 0.2) is 0 Å². The first-order chi connectivity index (χ1) is 4.43. The lowest BCUT2D eigenvalue weighted by Gasteiger charge is -1.94. The average Bonchev–Trinajstić information content (AvgIpc) is 2.63. The van der Waals surface area contributed by atoms with Gasteiger partial charge in [-0.25, -0.2) is 0 Å². The molecule has 53 valence electrons. The molecule has 1 rings (SSSR count). The van der Waals surface area contributed by atoms with Gasteiger partial charge in [0.2, 0.25) is 0 Å². The van der Waals surface area contributed by atoms with Crippen molar-refractivity contribution in [3.05, 3.63) is 5.88 Å². The van der Waals surface area contributed by atoms with Crippen molar-refractivity contribution in [2.24, 2.45) is 5.92 Å². The van der Waals surface area contributed by atoms with E-state index in [2.05, 4.69) is 0 Å². The zero-order valence-corrected chi connectivity index (χ0v) is 6.53. The van der Waals surface area contributed by atoms with Crippen molar-refractivity contribution in [1.29, 1.82) is 0 Å². The summed E-state index contributed by atoms with van der Waals surface area (Å²) < 4.78 is 0. The second-order valence-corrected chi connectivity index (χ2v) is 3.19. The molecule has 0 atom stereocenters. The summed E-state index contributed by atoms with van der Waals surface area (Å²) in [5.41, 5.74) is 0. The zero-order chi connectivity index (χ0) is 6.53. The molecule has 1 fully saturated rings. The first-order valence-corrected chi connectivity index (χ1v) is 4.29. The number of unbranched alkanes of at least 4 members (excludes halogenated alkanes) is 2. The van der Waals surface area contributed by atoms with Crippen LogP contribution in [0.3, 0.4) is 0 Å². The molecule has 1 aliphatic carbocycles. The van der Waals surface area contributed by atoms with Crippen LogP contribution in [0.1, 0.15) is 38.5 Å². The molecule has 0 amide bonds. The normalized spacial score (nSPS) is 18.3. The molecule has 0 nitrogen and oxygen atoms in total. The lowest BCUT2D eigenvalue weighted by molar-refractivity contribution is 0.631. The minimum absolute atomic E-state index is 1.09. The fourth-order valence-corrected chi connectivity index (χ4v) is 1.22. The summed E-state index contributed by atoms with van der Waals surface area (Å²) in [4.78, 5) is 0. The first-order valence-electron chi connectivity index (χ1n) is 3.85. The van der Waals surface area contributed by atoms with E-state index in [0.717, 1.165) is 12.3 Å². The van der Waals surface area contributed by atoms with Crippen molar-refractivity contribution in [3.8, 4) is 0 Å². The molecule has 0 unspecified atom stereocenters. The molecule has 0 spiro atoms. The van der Waals surface area contributed by atoms with Gasteiger partial charge in [-0.3, -0.25) is 0 Å². The van der Waals surface area contributed by atoms with Gasteiger partial charge in [-0.2, -0.15) is 0 Å². The largest absolute Gasteiger partial charge is 0.121 e. The Kier molecular flexibility index (Phi) is 3.42. The second-order valence-electron chi connectivity index (χ2n) is 2.88. The smallest absolute Gasteiger partial charge is 0.0499 e. The molecule has 9 heavy (non-hydrogen) atoms. The van der Waals surface area contributed by atoms with E-state index in [1.807, 2.05) is 0 Å². The number of rotatable bonds is 5. The van der Waals surface area contributed by atoms with Crippen LogP contribution in [0.15, 0.2) is 0 Å². The van der Waals surface area contributed by atoms with E-state index in [9.17, 15) is 0 Å². The molecule has 0 heterocycles. The maximum atomic E-state index is 5.41. The van der Waals surface area contributed by atoms with Gasteiger partial charge >= 0.3 is 0 Å². The molecule has 1 radical (unpaired) electrons. The quantitative estimate of drug-likeness (QED) is 0.521. The van der Waals surface area contributed by atoms with Crippen LogP contribution in [0.5, 0.6) is 0 Å². The monoisotopic (exact) mass is 145 g/mol. The highest BCUT2D eigenvalue weighted by Crippen LogP contribution is 2.34. The Hall–Kier alpha value is 0.290. The van der Waals surface area contributed by atoms with Crippen LogP contribution in [0.2, 0.25) is 0 Å². The van der Waals surface area contributed by atoms with Gasteiger partial charge in [0.05, 0.1) is 0 Å². The molecular formula is C8H14Cl. The first kappa shape index (κ1) is 7.40. The van der Waals surface area contributed by atoms with Crippen LogP contribution < -0.4 is 0 Å². The number of hydrogen-bond donors (Lipinski definition) is 0. The zero-order valence-electron chi connectivity index (χ0n) is 5.78. The number of halogens is 1. The van der Waals surface area contributed by atoms with Crippen LogP contribution in [-0.4, -0.2) is 0 Å². The Labute approximate surface area is 62.6 Å². The van der Waals surface area contributed by atoms with Crippen molar-refractivity contribution in [2.45, 2.75) is 38.5 Å². The highest BCUT2D eigenvalue weighted by atomic mass is 35.5. The van der Waals surface area contributed by atoms with Crippen molar-refractivity contribution < 1.29 is 0 Å². The highest BCUT2D eigenvalue weighted by molar-refractivity contribution is 6.23. The molecule has 0 bridgehead atoms. The predicted octanol–water partition coefficient (Wildman–Crippen LogP) is 3.36. The van der Waals surface area contributed by atoms with Gasteiger partial charge in [0.1, 0.15) is 0 Å². The molecule has 0 saturated heterocycles. The summed E-state index contributed by atoms with van der Waals surface area (Å²) in [7, 11) is 0. The Balaban J connectivity index is 1.71. The Morgan fingerprint density at radius 3 is 2.67 bits per heavy atom. The maximum absolute atomic E-state index is 5.41. The average molecular weight is 146 g/mol. The minimum atomic E-state index is 1.09. The summed E-state index contributed by atoms with van der Waals surface area (Å²) in [6.07, 6.45) is 8.20. The van der Waals surface area contributed by atoms with Gasteiger partial charge in [0, 0.05) is 5.88 Å². The van der Waals surface area contributed by atoms with Gasteiger partial charge < -0.3 is 0 Å². The van der Waals surface area contributed by atoms with E-state index in [1.165, 1.54) is 32.1 Å². The van der Waals surface area contributed by atoms with Crippen LogP contribution in [0.25, 0.3) is 0 Å². The number of hydrogen-bond acceptors (Lipinski definition) is 0. The molecule has 0 aromatic heterocycles. The van der Waals surface area contributed by atoms with Crippen LogP contribution in [-0.2, 0) is 0 Å². The van der Waals surface area contributed by atoms with Crippen molar-refractivity contribution in [2.75, 3.05) is 0 Å². The van der Waals surface area contributed by atoms with Crippen LogP contribution in [0, 0.1) is 11.8 Å². The highest BCUT2D eigenvalue weighted by Gasteiger charge is 2.19. The summed E-state index contributed by atoms with van der Waals surface area (Å²) >= 11 is 5.41. The minimum Gasteiger partial charge on any atom is -0.121 e. The van der Waals surface area contributed by atoms with E-state index in [0.29, 0.717) is 0 Å². The molecule has 1 heteroatoms. The summed E-state index contributed by atoms with van der Waals surface area (Å²) in [6.45, 7) is 0. The van der Waals surface area contributed by atoms with E-state index in [-0.39, 0.29) is 0 Å². The Morgan fingerprint density at radius 2 is 2.11 bits per heavy atom. The van der Waals surface area contributed by atoms with Gasteiger partial charge in [-0.05, 0) is 12.3 Å². The predicted molar refractivity (Wildman–Crippen MR) is 41.3 cm³/mol. The van der Waals surface area contributed by atoms with Crippen molar-refractivity contribution in [1.82, 2.24) is 0 Å². The van der Waals surface area contributed by atoms with Crippen molar-refractivity contribution >= 4 is 11.6 Å². The molecule has 0 aliphatic heterocycles. The third kappa shape index (κ3) is 3.80. The lowest BCUT2D eigenvalue weighted by Crippen LogP contribution is -1.77. The summed E-state index contributed by atoms with van der Waals surface area (Å²) in [5.74, 6) is 2.84. The Bertz CT molecular complexity index is 67.0. The second kappa shape index (κ2) is 4.16. The topological polar surface area (TPSA) is 0 Å². The summed E-state index contributed by atoms with van der Waals surface area (Å²) in [6, 6.07) is 0. The molecule has 1 aliphatic rings. The van der Waals surface area contributed by atoms with E-state index >= 15 is 0 Å². The fraction of sp³-hybridized carbons (Fsp3) is 0.875. The standard InChI is InChI=1S/C8H14Cl/c9-7-3-1-2-4-8-5-6-8/h7-8H,1-6H2. The van der Waals surface area contributed by atoms with Gasteiger partial charge in [0.25, 0.3) is 0 Å². The molecule has 0 aromatic carbocycles. The molecular weight excluding hydrogens is 132 g/mol. The molecule has 0 aromatic rings. The van der Waals surface area contributed by atoms with E-state index in [4.69, 9.17) is 11.6 Å². The lowest BCUT2D eigenvalue weighted by atomic mass is 10.1. The van der Waals surface area contributed by atoms with Crippen LogP contribution >= 0.6 is 11.6 Å².